The van der Waals surface area contributed by atoms with Crippen molar-refractivity contribution in [2.45, 2.75) is 168 Å². The molecule has 1 atom stereocenters. The Bertz CT molecular complexity index is 673. The number of carboxylic acid groups (broad SMARTS) is 1. The molecule has 1 unspecified atom stereocenters. The Kier molecular flexibility index (Phi) is 28.3. The SMILES string of the molecule is CCCC/C=C\C/C=C\C(CCCCCCC(=O)NCC(=O)O)OC(=O)CCCCCCCCCCCCCC. The van der Waals surface area contributed by atoms with Gasteiger partial charge in [0.05, 0.1) is 0 Å². The van der Waals surface area contributed by atoms with Crippen molar-refractivity contribution in [1.82, 2.24) is 5.32 Å². The molecule has 0 aromatic heterocycles. The van der Waals surface area contributed by atoms with Crippen molar-refractivity contribution in [2.75, 3.05) is 6.54 Å². The topological polar surface area (TPSA) is 92.7 Å². The third-order valence-electron chi connectivity index (χ3n) is 7.11. The number of esters is 1. The predicted molar refractivity (Wildman–Crippen MR) is 166 cm³/mol. The lowest BCUT2D eigenvalue weighted by molar-refractivity contribution is -0.147. The summed E-state index contributed by atoms with van der Waals surface area (Å²) in [5.74, 6) is -1.35. The third-order valence-corrected chi connectivity index (χ3v) is 7.11. The summed E-state index contributed by atoms with van der Waals surface area (Å²) in [4.78, 5) is 34.6. The van der Waals surface area contributed by atoms with Crippen LogP contribution in [0.15, 0.2) is 24.3 Å². The van der Waals surface area contributed by atoms with Crippen LogP contribution in [0.2, 0.25) is 0 Å². The average Bonchev–Trinajstić information content (AvgIpc) is 2.93. The summed E-state index contributed by atoms with van der Waals surface area (Å²) >= 11 is 0. The van der Waals surface area contributed by atoms with Gasteiger partial charge in [0, 0.05) is 12.8 Å². The fourth-order valence-corrected chi connectivity index (χ4v) is 4.62. The minimum Gasteiger partial charge on any atom is -0.480 e. The molecule has 6 nitrogen and oxygen atoms in total. The maximum Gasteiger partial charge on any atom is 0.322 e. The standard InChI is InChI=1S/C34H61NO5/c1-3-5-7-9-11-12-13-14-15-17-19-25-29-34(39)40-31(26-22-18-16-10-8-6-4-2)27-23-20-21-24-28-32(36)35-30-33(37)38/h10,16,22,26,31H,3-9,11-15,17-21,23-25,27-30H2,1-2H3,(H,35,36)(H,37,38)/b16-10-,26-22-. The molecule has 0 aliphatic carbocycles. The number of carbonyl (C=O) groups excluding carboxylic acids is 2. The molecular weight excluding hydrogens is 502 g/mol. The predicted octanol–water partition coefficient (Wildman–Crippen LogP) is 9.22. The van der Waals surface area contributed by atoms with E-state index in [4.69, 9.17) is 9.84 Å². The fraction of sp³-hybridized carbons (Fsp3) is 0.794. The van der Waals surface area contributed by atoms with Crippen LogP contribution < -0.4 is 5.32 Å². The number of unbranched alkanes of at least 4 members (excludes halogenated alkanes) is 16. The second-order valence-electron chi connectivity index (χ2n) is 11.1. The van der Waals surface area contributed by atoms with Gasteiger partial charge in [-0.05, 0) is 44.6 Å². The number of ether oxygens (including phenoxy) is 1. The molecule has 0 rings (SSSR count). The first-order valence-corrected chi connectivity index (χ1v) is 16.5. The molecule has 0 saturated heterocycles. The highest BCUT2D eigenvalue weighted by atomic mass is 16.5. The zero-order chi connectivity index (χ0) is 29.5. The Balaban J connectivity index is 4.18. The summed E-state index contributed by atoms with van der Waals surface area (Å²) in [5, 5.41) is 11.0. The first-order chi connectivity index (χ1) is 19.5. The lowest BCUT2D eigenvalue weighted by Crippen LogP contribution is -2.28. The third kappa shape index (κ3) is 28.9. The van der Waals surface area contributed by atoms with Crippen molar-refractivity contribution in [3.05, 3.63) is 24.3 Å². The van der Waals surface area contributed by atoms with Gasteiger partial charge in [0.1, 0.15) is 12.6 Å². The minimum absolute atomic E-state index is 0.102. The molecule has 1 amide bonds. The van der Waals surface area contributed by atoms with Gasteiger partial charge in [-0.2, -0.15) is 0 Å². The van der Waals surface area contributed by atoms with E-state index >= 15 is 0 Å². The largest absolute Gasteiger partial charge is 0.480 e. The van der Waals surface area contributed by atoms with Crippen LogP contribution in [0.4, 0.5) is 0 Å². The number of aliphatic carboxylic acids is 1. The molecule has 0 aromatic carbocycles. The number of rotatable bonds is 29. The highest BCUT2D eigenvalue weighted by Crippen LogP contribution is 2.15. The highest BCUT2D eigenvalue weighted by Gasteiger charge is 2.11. The monoisotopic (exact) mass is 563 g/mol. The lowest BCUT2D eigenvalue weighted by Gasteiger charge is -2.14. The van der Waals surface area contributed by atoms with E-state index in [0.29, 0.717) is 12.8 Å². The van der Waals surface area contributed by atoms with E-state index in [1.54, 1.807) is 0 Å². The molecule has 0 spiro atoms. The van der Waals surface area contributed by atoms with E-state index in [2.05, 4.69) is 37.4 Å². The van der Waals surface area contributed by atoms with Crippen LogP contribution in [0.5, 0.6) is 0 Å². The molecular formula is C34H61NO5. The number of hydrogen-bond acceptors (Lipinski definition) is 4. The second-order valence-corrected chi connectivity index (χ2v) is 11.1. The Hall–Kier alpha value is -2.11. The number of nitrogens with one attached hydrogen (secondary N) is 1. The van der Waals surface area contributed by atoms with Gasteiger partial charge < -0.3 is 15.2 Å². The van der Waals surface area contributed by atoms with Crippen molar-refractivity contribution >= 4 is 17.8 Å². The minimum atomic E-state index is -1.03. The van der Waals surface area contributed by atoms with Gasteiger partial charge in [-0.15, -0.1) is 0 Å². The normalized spacial score (nSPS) is 12.2. The van der Waals surface area contributed by atoms with Crippen molar-refractivity contribution in [3.63, 3.8) is 0 Å². The maximum atomic E-state index is 12.5. The van der Waals surface area contributed by atoms with E-state index in [0.717, 1.165) is 57.8 Å². The molecule has 2 N–H and O–H groups in total. The first-order valence-electron chi connectivity index (χ1n) is 16.5. The summed E-state index contributed by atoms with van der Waals surface area (Å²) in [6, 6.07) is 0. The summed E-state index contributed by atoms with van der Waals surface area (Å²) in [7, 11) is 0. The quantitative estimate of drug-likeness (QED) is 0.0537. The molecule has 0 aliphatic rings. The molecule has 0 saturated carbocycles. The zero-order valence-corrected chi connectivity index (χ0v) is 25.9. The molecule has 40 heavy (non-hydrogen) atoms. The van der Waals surface area contributed by atoms with Gasteiger partial charge in [-0.25, -0.2) is 0 Å². The van der Waals surface area contributed by atoms with E-state index in [1.807, 2.05) is 6.08 Å². The summed E-state index contributed by atoms with van der Waals surface area (Å²) in [5.41, 5.74) is 0. The molecule has 0 aliphatic heterocycles. The van der Waals surface area contributed by atoms with Crippen molar-refractivity contribution < 1.29 is 24.2 Å². The molecule has 6 heteroatoms. The van der Waals surface area contributed by atoms with Gasteiger partial charge in [0.15, 0.2) is 0 Å². The van der Waals surface area contributed by atoms with Crippen LogP contribution in [0, 0.1) is 0 Å². The van der Waals surface area contributed by atoms with Crippen LogP contribution in [0.1, 0.15) is 162 Å². The summed E-state index contributed by atoms with van der Waals surface area (Å²) in [6.07, 6.45) is 33.1. The first kappa shape index (κ1) is 37.9. The number of allylic oxidation sites excluding steroid dienone is 3. The lowest BCUT2D eigenvalue weighted by atomic mass is 10.0. The second kappa shape index (κ2) is 29.9. The van der Waals surface area contributed by atoms with E-state index in [1.165, 1.54) is 77.0 Å². The fourth-order valence-electron chi connectivity index (χ4n) is 4.62. The van der Waals surface area contributed by atoms with E-state index < -0.39 is 5.97 Å². The van der Waals surface area contributed by atoms with Crippen LogP contribution in [0.25, 0.3) is 0 Å². The van der Waals surface area contributed by atoms with Gasteiger partial charge in [-0.1, -0.05) is 128 Å². The molecule has 0 radical (unpaired) electrons. The number of carbonyl (C=O) groups is 3. The Morgan fingerprint density at radius 3 is 1.82 bits per heavy atom. The molecule has 0 heterocycles. The Morgan fingerprint density at radius 1 is 0.675 bits per heavy atom. The Morgan fingerprint density at radius 2 is 1.23 bits per heavy atom. The van der Waals surface area contributed by atoms with Crippen molar-refractivity contribution in [2.24, 2.45) is 0 Å². The van der Waals surface area contributed by atoms with Crippen molar-refractivity contribution in [3.8, 4) is 0 Å². The van der Waals surface area contributed by atoms with Gasteiger partial charge in [0.25, 0.3) is 0 Å². The van der Waals surface area contributed by atoms with Crippen LogP contribution in [0.3, 0.4) is 0 Å². The number of hydrogen-bond donors (Lipinski definition) is 2. The molecule has 232 valence electrons. The Labute approximate surface area is 245 Å². The average molecular weight is 564 g/mol. The summed E-state index contributed by atoms with van der Waals surface area (Å²) in [6.45, 7) is 4.12. The van der Waals surface area contributed by atoms with Gasteiger partial charge in [0.2, 0.25) is 5.91 Å². The van der Waals surface area contributed by atoms with Gasteiger partial charge in [-0.3, -0.25) is 14.4 Å². The van der Waals surface area contributed by atoms with E-state index in [9.17, 15) is 14.4 Å². The highest BCUT2D eigenvalue weighted by molar-refractivity contribution is 5.80. The number of amides is 1. The maximum absolute atomic E-state index is 12.5. The molecule has 0 bridgehead atoms. The molecule has 0 fully saturated rings. The van der Waals surface area contributed by atoms with Crippen LogP contribution in [-0.4, -0.2) is 35.6 Å². The molecule has 0 aromatic rings. The van der Waals surface area contributed by atoms with Crippen molar-refractivity contribution in [1.29, 1.82) is 0 Å². The zero-order valence-electron chi connectivity index (χ0n) is 25.9. The smallest absolute Gasteiger partial charge is 0.322 e. The van der Waals surface area contributed by atoms with Crippen LogP contribution in [-0.2, 0) is 19.1 Å². The summed E-state index contributed by atoms with van der Waals surface area (Å²) < 4.78 is 5.83. The van der Waals surface area contributed by atoms with Gasteiger partial charge >= 0.3 is 11.9 Å². The van der Waals surface area contributed by atoms with E-state index in [-0.39, 0.29) is 24.5 Å². The van der Waals surface area contributed by atoms with Crippen LogP contribution >= 0.6 is 0 Å². The number of carboxylic acids is 1.